The summed E-state index contributed by atoms with van der Waals surface area (Å²) in [5, 5.41) is 0. The number of ketones is 1. The molecule has 0 aliphatic carbocycles. The zero-order valence-electron chi connectivity index (χ0n) is 15.4. The van der Waals surface area contributed by atoms with E-state index in [1.54, 1.807) is 31.2 Å². The molecule has 0 saturated carbocycles. The molecule has 0 saturated heterocycles. The van der Waals surface area contributed by atoms with Gasteiger partial charge in [-0.25, -0.2) is 13.2 Å². The number of Topliss-reactive ketones (excluding diaryl/α,β-unsaturated/α-hetero) is 1. The molecule has 1 atom stereocenters. The predicted molar refractivity (Wildman–Crippen MR) is 103 cm³/mol. The number of nitrogens with zero attached hydrogens (tertiary/aromatic N) is 1. The summed E-state index contributed by atoms with van der Waals surface area (Å²) >= 11 is 0. The van der Waals surface area contributed by atoms with Crippen LogP contribution in [0.15, 0.2) is 42.5 Å². The Morgan fingerprint density at radius 1 is 1.07 bits per heavy atom. The molecule has 0 N–H and O–H groups in total. The second-order valence-corrected chi connectivity index (χ2v) is 8.61. The fourth-order valence-electron chi connectivity index (χ4n) is 3.08. The summed E-state index contributed by atoms with van der Waals surface area (Å²) < 4.78 is 30.2. The lowest BCUT2D eigenvalue weighted by atomic mass is 10.1. The normalized spacial score (nSPS) is 14.6. The summed E-state index contributed by atoms with van der Waals surface area (Å²) in [5.74, 6) is -0.878. The van der Waals surface area contributed by atoms with Crippen molar-refractivity contribution in [1.82, 2.24) is 0 Å². The third-order valence-electron chi connectivity index (χ3n) is 4.56. The van der Waals surface area contributed by atoms with Gasteiger partial charge in [-0.15, -0.1) is 0 Å². The molecule has 0 fully saturated rings. The zero-order chi connectivity index (χ0) is 19.8. The van der Waals surface area contributed by atoms with Gasteiger partial charge in [-0.1, -0.05) is 29.8 Å². The molecule has 27 heavy (non-hydrogen) atoms. The fraction of sp³-hybridized carbons (Fsp3) is 0.300. The molecule has 1 heterocycles. The highest BCUT2D eigenvalue weighted by Crippen LogP contribution is 2.31. The number of carbonyl (C=O) groups is 2. The molecule has 0 aromatic heterocycles. The maximum absolute atomic E-state index is 12.4. The van der Waals surface area contributed by atoms with E-state index in [-0.39, 0.29) is 5.78 Å². The Morgan fingerprint density at radius 3 is 2.33 bits per heavy atom. The van der Waals surface area contributed by atoms with Gasteiger partial charge in [-0.3, -0.25) is 9.10 Å². The lowest BCUT2D eigenvalue weighted by Gasteiger charge is -2.17. The van der Waals surface area contributed by atoms with Crippen molar-refractivity contribution >= 4 is 27.5 Å². The van der Waals surface area contributed by atoms with Crippen molar-refractivity contribution in [3.05, 3.63) is 64.7 Å². The van der Waals surface area contributed by atoms with Crippen LogP contribution >= 0.6 is 0 Å². The van der Waals surface area contributed by atoms with Crippen LogP contribution in [0.4, 0.5) is 5.69 Å². The third-order valence-corrected chi connectivity index (χ3v) is 5.74. The van der Waals surface area contributed by atoms with Crippen molar-refractivity contribution in [2.45, 2.75) is 26.4 Å². The summed E-state index contributed by atoms with van der Waals surface area (Å²) in [6.45, 7) is 3.82. The summed E-state index contributed by atoms with van der Waals surface area (Å²) in [6.07, 6.45) is 0.769. The van der Waals surface area contributed by atoms with Gasteiger partial charge in [-0.2, -0.15) is 0 Å². The van der Waals surface area contributed by atoms with Crippen LogP contribution in [-0.4, -0.2) is 39.1 Å². The highest BCUT2D eigenvalue weighted by molar-refractivity contribution is 7.92. The minimum Gasteiger partial charge on any atom is -0.451 e. The van der Waals surface area contributed by atoms with Crippen LogP contribution < -0.4 is 4.31 Å². The number of ether oxygens (including phenoxy) is 1. The van der Waals surface area contributed by atoms with Crippen LogP contribution in [-0.2, 0) is 21.2 Å². The number of carbonyl (C=O) groups excluding carboxylic acids is 2. The smallest absolute Gasteiger partial charge is 0.338 e. The van der Waals surface area contributed by atoms with Gasteiger partial charge in [0.1, 0.15) is 0 Å². The minimum absolute atomic E-state index is 0.271. The minimum atomic E-state index is -3.34. The molecule has 6 nitrogen and oxygen atoms in total. The van der Waals surface area contributed by atoms with Crippen molar-refractivity contribution < 1.29 is 22.7 Å². The lowest BCUT2D eigenvalue weighted by Crippen LogP contribution is -2.27. The molecule has 1 aliphatic heterocycles. The van der Waals surface area contributed by atoms with Crippen LogP contribution in [0.3, 0.4) is 0 Å². The van der Waals surface area contributed by atoms with Gasteiger partial charge in [0.2, 0.25) is 15.8 Å². The van der Waals surface area contributed by atoms with Crippen LogP contribution in [0.1, 0.15) is 38.8 Å². The number of esters is 1. The number of rotatable bonds is 5. The van der Waals surface area contributed by atoms with Gasteiger partial charge >= 0.3 is 5.97 Å². The maximum Gasteiger partial charge on any atom is 0.338 e. The average Bonchev–Trinajstić information content (AvgIpc) is 3.05. The van der Waals surface area contributed by atoms with Gasteiger partial charge < -0.3 is 4.74 Å². The standard InChI is InChI=1S/C20H21NO5S/c1-13-4-6-15(7-5-13)19(22)14(2)26-20(23)17-8-9-18-16(12-17)10-11-21(18)27(3,24)25/h4-9,12,14H,10-11H2,1-3H3/t14-/m0/s1. The molecule has 2 aromatic rings. The quantitative estimate of drug-likeness (QED) is 0.582. The Hall–Kier alpha value is -2.67. The summed E-state index contributed by atoms with van der Waals surface area (Å²) in [7, 11) is -3.34. The van der Waals surface area contributed by atoms with Crippen LogP contribution in [0.5, 0.6) is 0 Å². The number of hydrogen-bond donors (Lipinski definition) is 0. The molecule has 2 aromatic carbocycles. The molecule has 3 rings (SSSR count). The highest BCUT2D eigenvalue weighted by atomic mass is 32.2. The van der Waals surface area contributed by atoms with Crippen molar-refractivity contribution in [2.75, 3.05) is 17.1 Å². The summed E-state index contributed by atoms with van der Waals surface area (Å²) in [4.78, 5) is 24.8. The highest BCUT2D eigenvalue weighted by Gasteiger charge is 2.27. The molecular weight excluding hydrogens is 366 g/mol. The molecule has 0 bridgehead atoms. The molecule has 0 spiro atoms. The molecule has 0 amide bonds. The van der Waals surface area contributed by atoms with E-state index < -0.39 is 22.1 Å². The van der Waals surface area contributed by atoms with Gasteiger partial charge in [0.25, 0.3) is 0 Å². The Balaban J connectivity index is 1.73. The van der Waals surface area contributed by atoms with Crippen molar-refractivity contribution in [1.29, 1.82) is 0 Å². The third kappa shape index (κ3) is 4.03. The van der Waals surface area contributed by atoms with Gasteiger partial charge in [-0.05, 0) is 44.0 Å². The van der Waals surface area contributed by atoms with E-state index in [0.29, 0.717) is 29.8 Å². The maximum atomic E-state index is 12.4. The number of sulfonamides is 1. The largest absolute Gasteiger partial charge is 0.451 e. The molecule has 1 aliphatic rings. The Morgan fingerprint density at radius 2 is 1.70 bits per heavy atom. The van der Waals surface area contributed by atoms with Crippen molar-refractivity contribution in [2.24, 2.45) is 0 Å². The fourth-order valence-corrected chi connectivity index (χ4v) is 4.04. The van der Waals surface area contributed by atoms with E-state index in [1.807, 2.05) is 19.1 Å². The SMILES string of the molecule is Cc1ccc(C(=O)[C@H](C)OC(=O)c2ccc3c(c2)CCN3S(C)(=O)=O)cc1. The Kier molecular flexibility index (Phi) is 5.06. The van der Waals surface area contributed by atoms with Gasteiger partial charge in [0, 0.05) is 12.1 Å². The number of anilines is 1. The summed E-state index contributed by atoms with van der Waals surface area (Å²) in [6, 6.07) is 11.8. The first-order valence-corrected chi connectivity index (χ1v) is 10.4. The first-order chi connectivity index (χ1) is 12.7. The van der Waals surface area contributed by atoms with Gasteiger partial charge in [0.05, 0.1) is 17.5 Å². The predicted octanol–water partition coefficient (Wildman–Crippen LogP) is 2.75. The van der Waals surface area contributed by atoms with E-state index in [0.717, 1.165) is 17.4 Å². The van der Waals surface area contributed by atoms with E-state index in [4.69, 9.17) is 4.74 Å². The van der Waals surface area contributed by atoms with Crippen LogP contribution in [0.25, 0.3) is 0 Å². The first kappa shape index (κ1) is 19.1. The molecule has 0 radical (unpaired) electrons. The first-order valence-electron chi connectivity index (χ1n) is 8.59. The second-order valence-electron chi connectivity index (χ2n) is 6.71. The van der Waals surface area contributed by atoms with E-state index >= 15 is 0 Å². The average molecular weight is 387 g/mol. The van der Waals surface area contributed by atoms with E-state index in [2.05, 4.69) is 0 Å². The summed E-state index contributed by atoms with van der Waals surface area (Å²) in [5.41, 5.74) is 3.18. The number of aryl methyl sites for hydroxylation is 1. The Bertz CT molecular complexity index is 996. The number of fused-ring (bicyclic) bond motifs is 1. The van der Waals surface area contributed by atoms with E-state index in [9.17, 15) is 18.0 Å². The van der Waals surface area contributed by atoms with Crippen LogP contribution in [0.2, 0.25) is 0 Å². The van der Waals surface area contributed by atoms with E-state index in [1.165, 1.54) is 10.4 Å². The van der Waals surface area contributed by atoms with Crippen LogP contribution in [0, 0.1) is 6.92 Å². The second kappa shape index (κ2) is 7.15. The molecule has 7 heteroatoms. The number of hydrogen-bond acceptors (Lipinski definition) is 5. The van der Waals surface area contributed by atoms with Crippen molar-refractivity contribution in [3.8, 4) is 0 Å². The topological polar surface area (TPSA) is 80.8 Å². The Labute approximate surface area is 158 Å². The monoisotopic (exact) mass is 387 g/mol. The molecule has 0 unspecified atom stereocenters. The number of benzene rings is 2. The lowest BCUT2D eigenvalue weighted by molar-refractivity contribution is 0.0318. The molecule has 142 valence electrons. The molecular formula is C20H21NO5S. The zero-order valence-corrected chi connectivity index (χ0v) is 16.2. The van der Waals surface area contributed by atoms with Gasteiger partial charge in [0.15, 0.2) is 6.10 Å². The van der Waals surface area contributed by atoms with Crippen molar-refractivity contribution in [3.63, 3.8) is 0 Å².